The largest absolute Gasteiger partial charge is 0.433 e. The van der Waals surface area contributed by atoms with Gasteiger partial charge >= 0.3 is 6.18 Å². The van der Waals surface area contributed by atoms with Crippen LogP contribution in [0.1, 0.15) is 5.69 Å². The van der Waals surface area contributed by atoms with Gasteiger partial charge in [-0.1, -0.05) is 12.1 Å². The van der Waals surface area contributed by atoms with Crippen molar-refractivity contribution in [1.29, 1.82) is 0 Å². The standard InChI is InChI=1S/C10H6F4N2/c11-7-3-1-2-4-8(7)16-9(5-6-15-16)10(12,13)14/h1-6H. The Morgan fingerprint density at radius 3 is 2.38 bits per heavy atom. The molecule has 2 aromatic rings. The highest BCUT2D eigenvalue weighted by Gasteiger charge is 2.35. The van der Waals surface area contributed by atoms with E-state index in [4.69, 9.17) is 0 Å². The first-order valence-corrected chi connectivity index (χ1v) is 4.36. The summed E-state index contributed by atoms with van der Waals surface area (Å²) in [5.41, 5.74) is -1.22. The number of aromatic nitrogens is 2. The molecule has 0 saturated heterocycles. The third-order valence-electron chi connectivity index (χ3n) is 2.01. The molecule has 1 aromatic carbocycles. The lowest BCUT2D eigenvalue weighted by atomic mass is 10.3. The fraction of sp³-hybridized carbons (Fsp3) is 0.100. The van der Waals surface area contributed by atoms with Crippen molar-refractivity contribution in [2.45, 2.75) is 6.18 Å². The molecule has 2 nitrogen and oxygen atoms in total. The molecule has 0 bridgehead atoms. The molecule has 0 unspecified atom stereocenters. The number of rotatable bonds is 1. The van der Waals surface area contributed by atoms with E-state index < -0.39 is 17.7 Å². The summed E-state index contributed by atoms with van der Waals surface area (Å²) in [4.78, 5) is 0. The highest BCUT2D eigenvalue weighted by atomic mass is 19.4. The van der Waals surface area contributed by atoms with Crippen LogP contribution >= 0.6 is 0 Å². The van der Waals surface area contributed by atoms with Gasteiger partial charge in [-0.25, -0.2) is 9.07 Å². The predicted molar refractivity (Wildman–Crippen MR) is 48.5 cm³/mol. The summed E-state index contributed by atoms with van der Waals surface area (Å²) in [6, 6.07) is 5.96. The van der Waals surface area contributed by atoms with Crippen molar-refractivity contribution in [2.75, 3.05) is 0 Å². The van der Waals surface area contributed by atoms with Crippen LogP contribution in [0.2, 0.25) is 0 Å². The monoisotopic (exact) mass is 230 g/mol. The molecule has 0 aliphatic heterocycles. The summed E-state index contributed by atoms with van der Waals surface area (Å²) in [5, 5.41) is 3.47. The summed E-state index contributed by atoms with van der Waals surface area (Å²) in [7, 11) is 0. The molecule has 2 rings (SSSR count). The Balaban J connectivity index is 2.58. The number of benzene rings is 1. The zero-order valence-electron chi connectivity index (χ0n) is 7.87. The molecule has 0 N–H and O–H groups in total. The van der Waals surface area contributed by atoms with E-state index in [1.54, 1.807) is 0 Å². The van der Waals surface area contributed by atoms with Crippen molar-refractivity contribution in [3.63, 3.8) is 0 Å². The number of hydrogen-bond acceptors (Lipinski definition) is 1. The second-order valence-electron chi connectivity index (χ2n) is 3.08. The molecule has 6 heteroatoms. The van der Waals surface area contributed by atoms with E-state index in [9.17, 15) is 17.6 Å². The Morgan fingerprint density at radius 2 is 1.75 bits per heavy atom. The van der Waals surface area contributed by atoms with E-state index in [0.717, 1.165) is 18.3 Å². The van der Waals surface area contributed by atoms with Gasteiger partial charge in [0, 0.05) is 0 Å². The highest BCUT2D eigenvalue weighted by Crippen LogP contribution is 2.30. The molecule has 84 valence electrons. The second kappa shape index (κ2) is 3.62. The minimum absolute atomic E-state index is 0.222. The fourth-order valence-corrected chi connectivity index (χ4v) is 1.33. The van der Waals surface area contributed by atoms with Crippen LogP contribution in [0.3, 0.4) is 0 Å². The van der Waals surface area contributed by atoms with E-state index in [1.807, 2.05) is 0 Å². The molecule has 0 atom stereocenters. The van der Waals surface area contributed by atoms with Crippen LogP contribution in [0.5, 0.6) is 0 Å². The minimum atomic E-state index is -4.56. The summed E-state index contributed by atoms with van der Waals surface area (Å²) < 4.78 is 51.4. The molecule has 0 aliphatic rings. The molecule has 0 radical (unpaired) electrons. The molecule has 0 spiro atoms. The second-order valence-corrected chi connectivity index (χ2v) is 3.08. The van der Waals surface area contributed by atoms with Gasteiger partial charge in [0.15, 0.2) is 0 Å². The summed E-state index contributed by atoms with van der Waals surface area (Å²) >= 11 is 0. The first kappa shape index (κ1) is 10.7. The topological polar surface area (TPSA) is 17.8 Å². The SMILES string of the molecule is Fc1ccccc1-n1nccc1C(F)(F)F. The maximum Gasteiger partial charge on any atom is 0.433 e. The maximum absolute atomic E-state index is 13.3. The maximum atomic E-state index is 13.3. The van der Waals surface area contributed by atoms with Gasteiger partial charge in [-0.2, -0.15) is 18.3 Å². The number of halogens is 4. The van der Waals surface area contributed by atoms with Crippen LogP contribution in [0.4, 0.5) is 17.6 Å². The zero-order valence-corrected chi connectivity index (χ0v) is 7.87. The Bertz CT molecular complexity index is 502. The van der Waals surface area contributed by atoms with E-state index in [0.29, 0.717) is 4.68 Å². The van der Waals surface area contributed by atoms with Gasteiger partial charge in [0.2, 0.25) is 0 Å². The predicted octanol–water partition coefficient (Wildman–Crippen LogP) is 3.03. The molecule has 1 heterocycles. The summed E-state index contributed by atoms with van der Waals surface area (Å²) in [6.07, 6.45) is -3.58. The lowest BCUT2D eigenvalue weighted by molar-refractivity contribution is -0.142. The number of para-hydroxylation sites is 1. The molecular weight excluding hydrogens is 224 g/mol. The van der Waals surface area contributed by atoms with Crippen molar-refractivity contribution >= 4 is 0 Å². The van der Waals surface area contributed by atoms with Crippen molar-refractivity contribution in [3.8, 4) is 5.69 Å². The molecule has 0 fully saturated rings. The van der Waals surface area contributed by atoms with Gasteiger partial charge in [0.25, 0.3) is 0 Å². The van der Waals surface area contributed by atoms with E-state index in [2.05, 4.69) is 5.10 Å². The van der Waals surface area contributed by atoms with Gasteiger partial charge in [0.05, 0.1) is 6.20 Å². The molecule has 0 amide bonds. The molecule has 16 heavy (non-hydrogen) atoms. The van der Waals surface area contributed by atoms with Gasteiger partial charge < -0.3 is 0 Å². The van der Waals surface area contributed by atoms with Crippen molar-refractivity contribution < 1.29 is 17.6 Å². The Hall–Kier alpha value is -1.85. The van der Waals surface area contributed by atoms with E-state index >= 15 is 0 Å². The first-order chi connectivity index (χ1) is 7.50. The Kier molecular flexibility index (Phi) is 2.41. The zero-order chi connectivity index (χ0) is 11.8. The Labute approximate surface area is 88.1 Å². The first-order valence-electron chi connectivity index (χ1n) is 4.36. The van der Waals surface area contributed by atoms with E-state index in [1.165, 1.54) is 18.2 Å². The van der Waals surface area contributed by atoms with Gasteiger partial charge in [-0.05, 0) is 18.2 Å². The minimum Gasteiger partial charge on any atom is -0.226 e. The number of nitrogens with zero attached hydrogens (tertiary/aromatic N) is 2. The summed E-state index contributed by atoms with van der Waals surface area (Å²) in [6.45, 7) is 0. The third-order valence-corrected chi connectivity index (χ3v) is 2.01. The molecule has 1 aromatic heterocycles. The van der Waals surface area contributed by atoms with Crippen molar-refractivity contribution in [1.82, 2.24) is 9.78 Å². The lowest BCUT2D eigenvalue weighted by Gasteiger charge is -2.10. The van der Waals surface area contributed by atoms with Crippen LogP contribution in [-0.4, -0.2) is 9.78 Å². The normalized spacial score (nSPS) is 11.8. The fourth-order valence-electron chi connectivity index (χ4n) is 1.33. The van der Waals surface area contributed by atoms with Gasteiger partial charge in [0.1, 0.15) is 17.2 Å². The molecular formula is C10H6F4N2. The van der Waals surface area contributed by atoms with Gasteiger partial charge in [-0.15, -0.1) is 0 Å². The average molecular weight is 230 g/mol. The lowest BCUT2D eigenvalue weighted by Crippen LogP contribution is -2.14. The number of alkyl halides is 3. The van der Waals surface area contributed by atoms with Crippen LogP contribution in [-0.2, 0) is 6.18 Å². The molecule has 0 aliphatic carbocycles. The van der Waals surface area contributed by atoms with Crippen LogP contribution in [0.15, 0.2) is 36.5 Å². The van der Waals surface area contributed by atoms with E-state index in [-0.39, 0.29) is 5.69 Å². The van der Waals surface area contributed by atoms with Crippen LogP contribution in [0, 0.1) is 5.82 Å². The quantitative estimate of drug-likeness (QED) is 0.688. The van der Waals surface area contributed by atoms with Crippen LogP contribution < -0.4 is 0 Å². The summed E-state index contributed by atoms with van der Waals surface area (Å²) in [5.74, 6) is -0.753. The molecule has 0 saturated carbocycles. The third kappa shape index (κ3) is 1.78. The highest BCUT2D eigenvalue weighted by molar-refractivity contribution is 5.34. The number of hydrogen-bond donors (Lipinski definition) is 0. The average Bonchev–Trinajstić information content (AvgIpc) is 2.66. The smallest absolute Gasteiger partial charge is 0.226 e. The van der Waals surface area contributed by atoms with Crippen LogP contribution in [0.25, 0.3) is 5.69 Å². The van der Waals surface area contributed by atoms with Crippen molar-refractivity contribution in [2.24, 2.45) is 0 Å². The Morgan fingerprint density at radius 1 is 1.06 bits per heavy atom. The van der Waals surface area contributed by atoms with Crippen molar-refractivity contribution in [3.05, 3.63) is 48.0 Å². The van der Waals surface area contributed by atoms with Gasteiger partial charge in [-0.3, -0.25) is 0 Å².